The number of amides is 1. The molecule has 156 valence electrons. The Labute approximate surface area is 184 Å². The van der Waals surface area contributed by atoms with Crippen LogP contribution >= 0.6 is 23.1 Å². The molecule has 0 radical (unpaired) electrons. The Morgan fingerprint density at radius 1 is 1.43 bits per heavy atom. The van der Waals surface area contributed by atoms with Crippen molar-refractivity contribution in [1.82, 2.24) is 9.55 Å². The average molecular weight is 440 g/mol. The van der Waals surface area contributed by atoms with E-state index in [1.807, 2.05) is 31.2 Å². The van der Waals surface area contributed by atoms with Gasteiger partial charge in [-0.2, -0.15) is 0 Å². The molecule has 7 heteroatoms. The molecule has 0 aliphatic heterocycles. The molecule has 3 aromatic rings. The van der Waals surface area contributed by atoms with Crippen LogP contribution in [-0.2, 0) is 24.2 Å². The van der Waals surface area contributed by atoms with Gasteiger partial charge in [0.15, 0.2) is 5.16 Å². The van der Waals surface area contributed by atoms with Crippen molar-refractivity contribution < 1.29 is 4.79 Å². The van der Waals surface area contributed by atoms with Gasteiger partial charge < -0.3 is 5.32 Å². The largest absolute Gasteiger partial charge is 0.325 e. The minimum Gasteiger partial charge on any atom is -0.325 e. The van der Waals surface area contributed by atoms with Crippen LogP contribution in [0.1, 0.15) is 29.3 Å². The molecule has 2 aromatic heterocycles. The minimum atomic E-state index is -0.118. The molecule has 1 unspecified atom stereocenters. The number of hydrogen-bond acceptors (Lipinski definition) is 5. The fourth-order valence-electron chi connectivity index (χ4n) is 3.83. The van der Waals surface area contributed by atoms with E-state index < -0.39 is 0 Å². The predicted molar refractivity (Wildman–Crippen MR) is 126 cm³/mol. The number of nitrogens with zero attached hydrogens (tertiary/aromatic N) is 2. The van der Waals surface area contributed by atoms with Gasteiger partial charge in [0, 0.05) is 17.1 Å². The second kappa shape index (κ2) is 8.78. The van der Waals surface area contributed by atoms with Gasteiger partial charge in [-0.1, -0.05) is 43.0 Å². The van der Waals surface area contributed by atoms with Crippen LogP contribution in [-0.4, -0.2) is 21.2 Å². The predicted octanol–water partition coefficient (Wildman–Crippen LogP) is 4.81. The summed E-state index contributed by atoms with van der Waals surface area (Å²) in [5.74, 6) is 0.707. The normalized spacial score (nSPS) is 15.7. The molecule has 4 rings (SSSR count). The van der Waals surface area contributed by atoms with Crippen LogP contribution in [0.15, 0.2) is 46.9 Å². The van der Waals surface area contributed by atoms with E-state index in [1.54, 1.807) is 22.0 Å². The van der Waals surface area contributed by atoms with Crippen LogP contribution in [0.25, 0.3) is 10.2 Å². The highest BCUT2D eigenvalue weighted by atomic mass is 32.2. The molecule has 1 aliphatic carbocycles. The molecule has 1 aromatic carbocycles. The van der Waals surface area contributed by atoms with Crippen molar-refractivity contribution in [2.45, 2.75) is 44.8 Å². The maximum absolute atomic E-state index is 13.3. The van der Waals surface area contributed by atoms with E-state index in [0.717, 1.165) is 40.7 Å². The Kier molecular flexibility index (Phi) is 6.11. The SMILES string of the molecule is C=CCn1c(SCC(=O)Nc2ccccc2C)nc2sc3c(c2c1=O)CCC(C)C3. The van der Waals surface area contributed by atoms with Crippen LogP contribution in [0.3, 0.4) is 0 Å². The molecule has 0 saturated carbocycles. The zero-order valence-corrected chi connectivity index (χ0v) is 18.9. The van der Waals surface area contributed by atoms with Crippen LogP contribution in [0, 0.1) is 12.8 Å². The van der Waals surface area contributed by atoms with Crippen LogP contribution in [0.4, 0.5) is 5.69 Å². The molecule has 0 spiro atoms. The van der Waals surface area contributed by atoms with Crippen molar-refractivity contribution in [3.63, 3.8) is 0 Å². The first-order valence-corrected chi connectivity index (χ1v) is 11.9. The number of hydrogen-bond donors (Lipinski definition) is 1. The van der Waals surface area contributed by atoms with Gasteiger partial charge in [-0.15, -0.1) is 17.9 Å². The highest BCUT2D eigenvalue weighted by Gasteiger charge is 2.24. The quantitative estimate of drug-likeness (QED) is 0.340. The molecule has 1 aliphatic rings. The van der Waals surface area contributed by atoms with Gasteiger partial charge in [0.1, 0.15) is 4.83 Å². The highest BCUT2D eigenvalue weighted by molar-refractivity contribution is 7.99. The van der Waals surface area contributed by atoms with Crippen molar-refractivity contribution in [2.75, 3.05) is 11.1 Å². The number of anilines is 1. The number of thioether (sulfide) groups is 1. The van der Waals surface area contributed by atoms with E-state index in [4.69, 9.17) is 4.98 Å². The van der Waals surface area contributed by atoms with E-state index in [0.29, 0.717) is 17.6 Å². The summed E-state index contributed by atoms with van der Waals surface area (Å²) in [5, 5.41) is 4.27. The molecule has 1 N–H and O–H groups in total. The minimum absolute atomic E-state index is 0.0197. The third kappa shape index (κ3) is 4.09. The summed E-state index contributed by atoms with van der Waals surface area (Å²) in [6.45, 7) is 8.38. The van der Waals surface area contributed by atoms with Crippen molar-refractivity contribution in [3.05, 3.63) is 63.3 Å². The van der Waals surface area contributed by atoms with E-state index in [2.05, 4.69) is 18.8 Å². The lowest BCUT2D eigenvalue weighted by molar-refractivity contribution is -0.113. The first-order valence-electron chi connectivity index (χ1n) is 10.1. The number of rotatable bonds is 6. The van der Waals surface area contributed by atoms with E-state index in [-0.39, 0.29) is 17.2 Å². The molecule has 1 amide bonds. The topological polar surface area (TPSA) is 64.0 Å². The number of thiophene rings is 1. The smallest absolute Gasteiger partial charge is 0.263 e. The van der Waals surface area contributed by atoms with Gasteiger partial charge in [0.05, 0.1) is 11.1 Å². The molecular weight excluding hydrogens is 414 g/mol. The maximum Gasteiger partial charge on any atom is 0.263 e. The summed E-state index contributed by atoms with van der Waals surface area (Å²) < 4.78 is 1.64. The second-order valence-electron chi connectivity index (χ2n) is 7.78. The number of benzene rings is 1. The number of fused-ring (bicyclic) bond motifs is 3. The lowest BCUT2D eigenvalue weighted by atomic mass is 9.89. The second-order valence-corrected chi connectivity index (χ2v) is 9.81. The fraction of sp³-hybridized carbons (Fsp3) is 0.348. The molecule has 0 saturated heterocycles. The molecule has 1 atom stereocenters. The van der Waals surface area contributed by atoms with Crippen molar-refractivity contribution in [2.24, 2.45) is 5.92 Å². The molecular formula is C23H25N3O2S2. The molecule has 2 heterocycles. The van der Waals surface area contributed by atoms with Crippen molar-refractivity contribution >= 4 is 44.9 Å². The fourth-order valence-corrected chi connectivity index (χ4v) is 6.07. The third-order valence-electron chi connectivity index (χ3n) is 5.44. The van der Waals surface area contributed by atoms with Crippen LogP contribution < -0.4 is 10.9 Å². The summed E-state index contributed by atoms with van der Waals surface area (Å²) >= 11 is 2.93. The number of nitrogens with one attached hydrogen (secondary N) is 1. The summed E-state index contributed by atoms with van der Waals surface area (Å²) in [6, 6.07) is 7.67. The summed E-state index contributed by atoms with van der Waals surface area (Å²) in [4.78, 5) is 32.7. The lowest BCUT2D eigenvalue weighted by Gasteiger charge is -2.17. The van der Waals surface area contributed by atoms with Crippen LogP contribution in [0.5, 0.6) is 0 Å². The Balaban J connectivity index is 1.62. The average Bonchev–Trinajstić information content (AvgIpc) is 3.08. The highest BCUT2D eigenvalue weighted by Crippen LogP contribution is 2.36. The van der Waals surface area contributed by atoms with Gasteiger partial charge >= 0.3 is 0 Å². The Morgan fingerprint density at radius 3 is 3.00 bits per heavy atom. The molecule has 0 fully saturated rings. The zero-order chi connectivity index (χ0) is 21.3. The molecule has 30 heavy (non-hydrogen) atoms. The van der Waals surface area contributed by atoms with Gasteiger partial charge in [-0.25, -0.2) is 4.98 Å². The Bertz CT molecular complexity index is 1180. The number of allylic oxidation sites excluding steroid dienone is 1. The van der Waals surface area contributed by atoms with Gasteiger partial charge in [-0.05, 0) is 49.3 Å². The zero-order valence-electron chi connectivity index (χ0n) is 17.2. The Hall–Kier alpha value is -2.38. The summed E-state index contributed by atoms with van der Waals surface area (Å²) in [5.41, 5.74) is 2.97. The maximum atomic E-state index is 13.3. The van der Waals surface area contributed by atoms with Crippen molar-refractivity contribution in [1.29, 1.82) is 0 Å². The first kappa shape index (κ1) is 20.9. The molecule has 5 nitrogen and oxygen atoms in total. The number of carbonyl (C=O) groups is 1. The van der Waals surface area contributed by atoms with Gasteiger partial charge in [0.2, 0.25) is 5.91 Å². The van der Waals surface area contributed by atoms with E-state index in [1.165, 1.54) is 22.2 Å². The summed E-state index contributed by atoms with van der Waals surface area (Å²) in [6.07, 6.45) is 4.76. The third-order valence-corrected chi connectivity index (χ3v) is 7.57. The number of carbonyl (C=O) groups excluding carboxylic acids is 1. The number of para-hydroxylation sites is 1. The Morgan fingerprint density at radius 2 is 2.23 bits per heavy atom. The number of aromatic nitrogens is 2. The lowest BCUT2D eigenvalue weighted by Crippen LogP contribution is -2.24. The van der Waals surface area contributed by atoms with E-state index >= 15 is 0 Å². The molecule has 0 bridgehead atoms. The van der Waals surface area contributed by atoms with Crippen molar-refractivity contribution in [3.8, 4) is 0 Å². The van der Waals surface area contributed by atoms with E-state index in [9.17, 15) is 9.59 Å². The van der Waals surface area contributed by atoms with Gasteiger partial charge in [0.25, 0.3) is 5.56 Å². The monoisotopic (exact) mass is 439 g/mol. The van der Waals surface area contributed by atoms with Gasteiger partial charge in [-0.3, -0.25) is 14.2 Å². The first-order chi connectivity index (χ1) is 14.5. The van der Waals surface area contributed by atoms with Crippen LogP contribution in [0.2, 0.25) is 0 Å². The standard InChI is InChI=1S/C23H25N3O2S2/c1-4-11-26-22(28)20-16-10-9-14(2)12-18(16)30-21(20)25-23(26)29-13-19(27)24-17-8-6-5-7-15(17)3/h4-8,14H,1,9-13H2,2-3H3,(H,24,27). The number of aryl methyl sites for hydroxylation is 2. The summed E-state index contributed by atoms with van der Waals surface area (Å²) in [7, 11) is 0.